The Morgan fingerprint density at radius 2 is 2.00 bits per heavy atom. The molecule has 0 radical (unpaired) electrons. The minimum atomic E-state index is 0.493. The number of thiazole rings is 1. The molecule has 0 unspecified atom stereocenters. The molecule has 0 atom stereocenters. The molecule has 1 aromatic carbocycles. The van der Waals surface area contributed by atoms with Crippen molar-refractivity contribution in [1.29, 1.82) is 0 Å². The van der Waals surface area contributed by atoms with Crippen LogP contribution < -0.4 is 5.32 Å². The van der Waals surface area contributed by atoms with Crippen LogP contribution in [-0.2, 0) is 13.0 Å². The molecule has 3 heteroatoms. The minimum Gasteiger partial charge on any atom is -0.309 e. The Morgan fingerprint density at radius 1 is 1.25 bits per heavy atom. The molecule has 20 heavy (non-hydrogen) atoms. The number of hydrogen-bond acceptors (Lipinski definition) is 3. The highest BCUT2D eigenvalue weighted by atomic mass is 32.1. The Hall–Kier alpha value is -1.19. The summed E-state index contributed by atoms with van der Waals surface area (Å²) in [6.45, 7) is 5.22. The molecule has 3 rings (SSSR count). The molecule has 2 nitrogen and oxygen atoms in total. The van der Waals surface area contributed by atoms with Crippen LogP contribution in [0.5, 0.6) is 0 Å². The first-order valence-electron chi connectivity index (χ1n) is 7.49. The van der Waals surface area contributed by atoms with Crippen LogP contribution in [0.4, 0.5) is 0 Å². The Bertz CT molecular complexity index is 556. The second kappa shape index (κ2) is 6.06. The van der Waals surface area contributed by atoms with Gasteiger partial charge in [0.15, 0.2) is 0 Å². The average molecular weight is 286 g/mol. The van der Waals surface area contributed by atoms with E-state index in [0.717, 1.165) is 12.5 Å². The highest BCUT2D eigenvalue weighted by Gasteiger charge is 2.24. The van der Waals surface area contributed by atoms with Gasteiger partial charge in [-0.25, -0.2) is 4.98 Å². The number of aromatic nitrogens is 1. The zero-order chi connectivity index (χ0) is 13.9. The van der Waals surface area contributed by atoms with Crippen LogP contribution in [0.3, 0.4) is 0 Å². The van der Waals surface area contributed by atoms with Gasteiger partial charge in [-0.3, -0.25) is 0 Å². The number of nitrogens with zero attached hydrogens (tertiary/aromatic N) is 1. The first kappa shape index (κ1) is 13.8. The fraction of sp³-hybridized carbons (Fsp3) is 0.471. The molecule has 1 aliphatic carbocycles. The quantitative estimate of drug-likeness (QED) is 0.858. The fourth-order valence-electron chi connectivity index (χ4n) is 2.29. The van der Waals surface area contributed by atoms with Crippen LogP contribution in [0.1, 0.15) is 37.4 Å². The Balaban J connectivity index is 1.86. The zero-order valence-electron chi connectivity index (χ0n) is 12.2. The van der Waals surface area contributed by atoms with Gasteiger partial charge in [-0.15, -0.1) is 11.3 Å². The summed E-state index contributed by atoms with van der Waals surface area (Å²) in [6, 6.07) is 11.2. The molecule has 1 aliphatic rings. The van der Waals surface area contributed by atoms with Gasteiger partial charge in [0.1, 0.15) is 0 Å². The van der Waals surface area contributed by atoms with Crippen molar-refractivity contribution in [2.75, 3.05) is 0 Å². The maximum atomic E-state index is 4.89. The van der Waals surface area contributed by atoms with Crippen LogP contribution in [0, 0.1) is 5.92 Å². The highest BCUT2D eigenvalue weighted by Crippen LogP contribution is 2.37. The third-order valence-corrected chi connectivity index (χ3v) is 4.78. The van der Waals surface area contributed by atoms with Crippen molar-refractivity contribution in [2.45, 2.75) is 45.7 Å². The Morgan fingerprint density at radius 3 is 2.65 bits per heavy atom. The maximum Gasteiger partial charge on any atom is 0.0938 e. The highest BCUT2D eigenvalue weighted by molar-refractivity contribution is 7.15. The van der Waals surface area contributed by atoms with Crippen LogP contribution in [0.15, 0.2) is 30.3 Å². The van der Waals surface area contributed by atoms with Gasteiger partial charge in [-0.2, -0.15) is 0 Å². The van der Waals surface area contributed by atoms with E-state index in [9.17, 15) is 0 Å². The second-order valence-electron chi connectivity index (χ2n) is 5.93. The van der Waals surface area contributed by atoms with Gasteiger partial charge < -0.3 is 5.32 Å². The molecule has 1 N–H and O–H groups in total. The van der Waals surface area contributed by atoms with E-state index in [0.29, 0.717) is 6.04 Å². The van der Waals surface area contributed by atoms with Gasteiger partial charge in [-0.05, 0) is 24.3 Å². The van der Waals surface area contributed by atoms with E-state index in [2.05, 4.69) is 49.5 Å². The van der Waals surface area contributed by atoms with Crippen LogP contribution in [-0.4, -0.2) is 11.0 Å². The molecule has 0 spiro atoms. The third kappa shape index (κ3) is 3.47. The SMILES string of the molecule is CC(C)NCc1nc(CC2CC2)sc1-c1ccccc1. The normalized spacial score (nSPS) is 14.9. The predicted octanol–water partition coefficient (Wildman–Crippen LogP) is 4.26. The van der Waals surface area contributed by atoms with Crippen LogP contribution in [0.2, 0.25) is 0 Å². The van der Waals surface area contributed by atoms with Gasteiger partial charge >= 0.3 is 0 Å². The molecule has 0 saturated heterocycles. The lowest BCUT2D eigenvalue weighted by Gasteiger charge is -2.07. The molecule has 1 fully saturated rings. The lowest BCUT2D eigenvalue weighted by molar-refractivity contribution is 0.582. The van der Waals surface area contributed by atoms with E-state index in [4.69, 9.17) is 4.98 Å². The largest absolute Gasteiger partial charge is 0.309 e. The number of hydrogen-bond donors (Lipinski definition) is 1. The fourth-order valence-corrected chi connectivity index (χ4v) is 3.49. The van der Waals surface area contributed by atoms with Crippen molar-refractivity contribution in [3.8, 4) is 10.4 Å². The smallest absolute Gasteiger partial charge is 0.0938 e. The monoisotopic (exact) mass is 286 g/mol. The summed E-state index contributed by atoms with van der Waals surface area (Å²) < 4.78 is 0. The summed E-state index contributed by atoms with van der Waals surface area (Å²) in [5.74, 6) is 0.899. The van der Waals surface area contributed by atoms with Crippen LogP contribution >= 0.6 is 11.3 Å². The summed E-state index contributed by atoms with van der Waals surface area (Å²) in [7, 11) is 0. The number of rotatable bonds is 6. The molecule has 1 aromatic heterocycles. The van der Waals surface area contributed by atoms with E-state index in [1.54, 1.807) is 0 Å². The van der Waals surface area contributed by atoms with Gasteiger partial charge in [0.25, 0.3) is 0 Å². The van der Waals surface area contributed by atoms with Crippen molar-refractivity contribution in [1.82, 2.24) is 10.3 Å². The maximum absolute atomic E-state index is 4.89. The van der Waals surface area contributed by atoms with Crippen molar-refractivity contribution < 1.29 is 0 Å². The molecule has 1 saturated carbocycles. The first-order chi connectivity index (χ1) is 9.72. The van der Waals surface area contributed by atoms with E-state index in [1.165, 1.54) is 40.4 Å². The molecule has 2 aromatic rings. The van der Waals surface area contributed by atoms with Crippen molar-refractivity contribution in [3.63, 3.8) is 0 Å². The molecule has 106 valence electrons. The second-order valence-corrected chi connectivity index (χ2v) is 7.02. The molecule has 0 bridgehead atoms. The first-order valence-corrected chi connectivity index (χ1v) is 8.31. The summed E-state index contributed by atoms with van der Waals surface area (Å²) >= 11 is 1.88. The Labute approximate surface area is 125 Å². The van der Waals surface area contributed by atoms with E-state index < -0.39 is 0 Å². The van der Waals surface area contributed by atoms with Crippen molar-refractivity contribution in [3.05, 3.63) is 41.0 Å². The summed E-state index contributed by atoms with van der Waals surface area (Å²) in [6.07, 6.45) is 3.95. The number of benzene rings is 1. The predicted molar refractivity (Wildman–Crippen MR) is 86.0 cm³/mol. The third-order valence-electron chi connectivity index (χ3n) is 3.62. The average Bonchev–Trinajstić information content (AvgIpc) is 3.16. The molecular weight excluding hydrogens is 264 g/mol. The summed E-state index contributed by atoms with van der Waals surface area (Å²) in [5, 5.41) is 4.81. The molecule has 0 amide bonds. The lowest BCUT2D eigenvalue weighted by atomic mass is 10.1. The van der Waals surface area contributed by atoms with Crippen molar-refractivity contribution in [2.24, 2.45) is 5.92 Å². The van der Waals surface area contributed by atoms with Gasteiger partial charge in [0, 0.05) is 19.0 Å². The zero-order valence-corrected chi connectivity index (χ0v) is 13.0. The standard InChI is InChI=1S/C17H22N2S/c1-12(2)18-11-15-17(14-6-4-3-5-7-14)20-16(19-15)10-13-8-9-13/h3-7,12-13,18H,8-11H2,1-2H3. The summed E-state index contributed by atoms with van der Waals surface area (Å²) in [5.41, 5.74) is 2.51. The Kier molecular flexibility index (Phi) is 4.18. The van der Waals surface area contributed by atoms with Gasteiger partial charge in [0.05, 0.1) is 15.6 Å². The van der Waals surface area contributed by atoms with E-state index in [1.807, 2.05) is 11.3 Å². The topological polar surface area (TPSA) is 24.9 Å². The van der Waals surface area contributed by atoms with E-state index in [-0.39, 0.29) is 0 Å². The lowest BCUT2D eigenvalue weighted by Crippen LogP contribution is -2.22. The van der Waals surface area contributed by atoms with Crippen molar-refractivity contribution >= 4 is 11.3 Å². The van der Waals surface area contributed by atoms with E-state index >= 15 is 0 Å². The van der Waals surface area contributed by atoms with Gasteiger partial charge in [-0.1, -0.05) is 44.2 Å². The van der Waals surface area contributed by atoms with Crippen LogP contribution in [0.25, 0.3) is 10.4 Å². The number of nitrogens with one attached hydrogen (secondary N) is 1. The minimum absolute atomic E-state index is 0.493. The molecular formula is C17H22N2S. The molecule has 1 heterocycles. The van der Waals surface area contributed by atoms with Gasteiger partial charge in [0.2, 0.25) is 0 Å². The molecule has 0 aliphatic heterocycles. The summed E-state index contributed by atoms with van der Waals surface area (Å²) in [4.78, 5) is 6.24.